The molecule has 0 fully saturated rings. The molecule has 0 atom stereocenters. The highest BCUT2D eigenvalue weighted by molar-refractivity contribution is 5.49. The van der Waals surface area contributed by atoms with Crippen molar-refractivity contribution in [2.24, 2.45) is 5.41 Å². The van der Waals surface area contributed by atoms with Gasteiger partial charge in [0.15, 0.2) is 0 Å². The van der Waals surface area contributed by atoms with Gasteiger partial charge in [0.1, 0.15) is 0 Å². The van der Waals surface area contributed by atoms with Gasteiger partial charge in [-0.15, -0.1) is 0 Å². The normalized spacial score (nSPS) is 10.9. The van der Waals surface area contributed by atoms with Crippen LogP contribution < -0.4 is 5.32 Å². The Labute approximate surface area is 95.2 Å². The average Bonchev–Trinajstić information content (AvgIpc) is 2.36. The lowest BCUT2D eigenvalue weighted by atomic mass is 9.93. The SMILES string of the molecule is CC(CO)(CO)CNc1cccc(C#N)c1. The van der Waals surface area contributed by atoms with Crippen LogP contribution in [0.4, 0.5) is 5.69 Å². The molecule has 0 spiro atoms. The van der Waals surface area contributed by atoms with Crippen molar-refractivity contribution < 1.29 is 10.2 Å². The Morgan fingerprint density at radius 3 is 2.62 bits per heavy atom. The standard InChI is InChI=1S/C12H16N2O2/c1-12(8-15,9-16)7-14-11-4-2-3-10(5-11)6-13/h2-5,14-16H,7-9H2,1H3. The molecule has 0 aliphatic rings. The van der Waals surface area contributed by atoms with Crippen molar-refractivity contribution >= 4 is 5.69 Å². The second-order valence-corrected chi connectivity index (χ2v) is 4.17. The molecule has 1 rings (SSSR count). The van der Waals surface area contributed by atoms with Gasteiger partial charge in [-0.2, -0.15) is 5.26 Å². The van der Waals surface area contributed by atoms with E-state index in [1.54, 1.807) is 25.1 Å². The van der Waals surface area contributed by atoms with E-state index in [4.69, 9.17) is 15.5 Å². The minimum atomic E-state index is -0.553. The fourth-order valence-electron chi connectivity index (χ4n) is 1.18. The summed E-state index contributed by atoms with van der Waals surface area (Å²) in [6.07, 6.45) is 0. The van der Waals surface area contributed by atoms with Crippen molar-refractivity contribution in [1.29, 1.82) is 5.26 Å². The zero-order valence-electron chi connectivity index (χ0n) is 9.27. The van der Waals surface area contributed by atoms with E-state index in [9.17, 15) is 0 Å². The second-order valence-electron chi connectivity index (χ2n) is 4.17. The number of benzene rings is 1. The summed E-state index contributed by atoms with van der Waals surface area (Å²) in [4.78, 5) is 0. The Morgan fingerprint density at radius 2 is 2.06 bits per heavy atom. The number of nitriles is 1. The molecule has 0 aliphatic carbocycles. The van der Waals surface area contributed by atoms with Crippen molar-refractivity contribution in [2.75, 3.05) is 25.1 Å². The maximum Gasteiger partial charge on any atom is 0.0992 e. The van der Waals surface area contributed by atoms with E-state index in [-0.39, 0.29) is 13.2 Å². The minimum absolute atomic E-state index is 0.0888. The molecule has 1 aromatic rings. The summed E-state index contributed by atoms with van der Waals surface area (Å²) >= 11 is 0. The number of rotatable bonds is 5. The van der Waals surface area contributed by atoms with Crippen LogP contribution in [0.2, 0.25) is 0 Å². The van der Waals surface area contributed by atoms with Crippen LogP contribution in [0.25, 0.3) is 0 Å². The van der Waals surface area contributed by atoms with Gasteiger partial charge in [0.25, 0.3) is 0 Å². The van der Waals surface area contributed by atoms with E-state index >= 15 is 0 Å². The zero-order chi connectivity index (χ0) is 12.0. The van der Waals surface area contributed by atoms with Crippen LogP contribution in [0.5, 0.6) is 0 Å². The molecule has 3 N–H and O–H groups in total. The molecule has 0 saturated carbocycles. The summed E-state index contributed by atoms with van der Waals surface area (Å²) in [6.45, 7) is 2.06. The first-order chi connectivity index (χ1) is 7.63. The number of hydrogen-bond acceptors (Lipinski definition) is 4. The van der Waals surface area contributed by atoms with Crippen molar-refractivity contribution in [3.63, 3.8) is 0 Å². The maximum absolute atomic E-state index is 9.11. The van der Waals surface area contributed by atoms with E-state index in [1.807, 2.05) is 6.07 Å². The summed E-state index contributed by atoms with van der Waals surface area (Å²) in [7, 11) is 0. The zero-order valence-corrected chi connectivity index (χ0v) is 9.27. The maximum atomic E-state index is 9.11. The topological polar surface area (TPSA) is 76.3 Å². The number of nitrogens with zero attached hydrogens (tertiary/aromatic N) is 1. The van der Waals surface area contributed by atoms with Crippen molar-refractivity contribution in [1.82, 2.24) is 0 Å². The largest absolute Gasteiger partial charge is 0.396 e. The molecule has 86 valence electrons. The first kappa shape index (κ1) is 12.5. The molecule has 4 nitrogen and oxygen atoms in total. The van der Waals surface area contributed by atoms with E-state index in [1.165, 1.54) is 0 Å². The van der Waals surface area contributed by atoms with E-state index in [0.29, 0.717) is 12.1 Å². The van der Waals surface area contributed by atoms with Gasteiger partial charge in [-0.25, -0.2) is 0 Å². The molecule has 0 bridgehead atoms. The van der Waals surface area contributed by atoms with Gasteiger partial charge in [-0.3, -0.25) is 0 Å². The van der Waals surface area contributed by atoms with Gasteiger partial charge < -0.3 is 15.5 Å². The predicted molar refractivity (Wildman–Crippen MR) is 61.9 cm³/mol. The van der Waals surface area contributed by atoms with Crippen molar-refractivity contribution in [3.05, 3.63) is 29.8 Å². The fourth-order valence-corrected chi connectivity index (χ4v) is 1.18. The number of hydrogen-bond donors (Lipinski definition) is 3. The Bertz CT molecular complexity index is 381. The van der Waals surface area contributed by atoms with Crippen LogP contribution in [0.1, 0.15) is 12.5 Å². The molecule has 0 aliphatic heterocycles. The van der Waals surface area contributed by atoms with Crippen LogP contribution in [0.15, 0.2) is 24.3 Å². The summed E-state index contributed by atoms with van der Waals surface area (Å²) in [6, 6.07) is 9.14. The van der Waals surface area contributed by atoms with Crippen LogP contribution in [-0.2, 0) is 0 Å². The van der Waals surface area contributed by atoms with E-state index in [0.717, 1.165) is 5.69 Å². The molecule has 16 heavy (non-hydrogen) atoms. The fraction of sp³-hybridized carbons (Fsp3) is 0.417. The average molecular weight is 220 g/mol. The van der Waals surface area contributed by atoms with Gasteiger partial charge in [0.2, 0.25) is 0 Å². The molecule has 0 saturated heterocycles. The number of aliphatic hydroxyl groups excluding tert-OH is 2. The molecular weight excluding hydrogens is 204 g/mol. The Morgan fingerprint density at radius 1 is 1.38 bits per heavy atom. The Balaban J connectivity index is 2.64. The molecule has 0 amide bonds. The van der Waals surface area contributed by atoms with Crippen LogP contribution in [0.3, 0.4) is 0 Å². The third-order valence-electron chi connectivity index (χ3n) is 2.47. The van der Waals surface area contributed by atoms with Gasteiger partial charge >= 0.3 is 0 Å². The van der Waals surface area contributed by atoms with Gasteiger partial charge in [0, 0.05) is 17.6 Å². The first-order valence-electron chi connectivity index (χ1n) is 5.09. The number of anilines is 1. The van der Waals surface area contributed by atoms with Crippen LogP contribution in [0, 0.1) is 16.7 Å². The summed E-state index contributed by atoms with van der Waals surface area (Å²) < 4.78 is 0. The third kappa shape index (κ3) is 3.23. The monoisotopic (exact) mass is 220 g/mol. The quantitative estimate of drug-likeness (QED) is 0.691. The van der Waals surface area contributed by atoms with Crippen molar-refractivity contribution in [2.45, 2.75) is 6.92 Å². The van der Waals surface area contributed by atoms with Gasteiger partial charge in [-0.05, 0) is 18.2 Å². The lowest BCUT2D eigenvalue weighted by Gasteiger charge is -2.25. The molecule has 0 heterocycles. The molecular formula is C12H16N2O2. The molecule has 4 heteroatoms. The Kier molecular flexibility index (Phi) is 4.29. The molecule has 0 aromatic heterocycles. The van der Waals surface area contributed by atoms with E-state index < -0.39 is 5.41 Å². The predicted octanol–water partition coefficient (Wildman–Crippen LogP) is 0.961. The third-order valence-corrected chi connectivity index (χ3v) is 2.47. The van der Waals surface area contributed by atoms with Gasteiger partial charge in [0.05, 0.1) is 24.8 Å². The molecule has 0 radical (unpaired) electrons. The molecule has 0 unspecified atom stereocenters. The highest BCUT2D eigenvalue weighted by Gasteiger charge is 2.21. The van der Waals surface area contributed by atoms with Crippen LogP contribution in [-0.4, -0.2) is 30.0 Å². The lowest BCUT2D eigenvalue weighted by Crippen LogP contribution is -2.34. The van der Waals surface area contributed by atoms with Gasteiger partial charge in [-0.1, -0.05) is 13.0 Å². The highest BCUT2D eigenvalue weighted by atomic mass is 16.3. The second kappa shape index (κ2) is 5.50. The lowest BCUT2D eigenvalue weighted by molar-refractivity contribution is 0.0806. The summed E-state index contributed by atoms with van der Waals surface area (Å²) in [5, 5.41) is 30.0. The smallest absolute Gasteiger partial charge is 0.0992 e. The first-order valence-corrected chi connectivity index (χ1v) is 5.09. The minimum Gasteiger partial charge on any atom is -0.396 e. The molecule has 1 aromatic carbocycles. The van der Waals surface area contributed by atoms with Crippen molar-refractivity contribution in [3.8, 4) is 6.07 Å². The Hall–Kier alpha value is -1.57. The number of aliphatic hydroxyl groups is 2. The summed E-state index contributed by atoms with van der Waals surface area (Å²) in [5.41, 5.74) is 0.842. The van der Waals surface area contributed by atoms with E-state index in [2.05, 4.69) is 11.4 Å². The van der Waals surface area contributed by atoms with Crippen LogP contribution >= 0.6 is 0 Å². The number of nitrogens with one attached hydrogen (secondary N) is 1. The summed E-state index contributed by atoms with van der Waals surface area (Å²) in [5.74, 6) is 0. The highest BCUT2D eigenvalue weighted by Crippen LogP contribution is 2.17.